The van der Waals surface area contributed by atoms with Gasteiger partial charge >= 0.3 is 0 Å². The average molecular weight is 387 g/mol. The Balaban J connectivity index is 0.00000113. The summed E-state index contributed by atoms with van der Waals surface area (Å²) in [5, 5.41) is 0. The van der Waals surface area contributed by atoms with Gasteiger partial charge in [0.05, 0.1) is 24.3 Å². The maximum Gasteiger partial charge on any atom is 0.156 e. The van der Waals surface area contributed by atoms with Gasteiger partial charge in [-0.2, -0.15) is 0 Å². The van der Waals surface area contributed by atoms with E-state index in [1.54, 1.807) is 13.4 Å². The van der Waals surface area contributed by atoms with Crippen LogP contribution in [0.5, 0.6) is 0 Å². The van der Waals surface area contributed by atoms with Gasteiger partial charge in [0.1, 0.15) is 12.4 Å². The predicted octanol–water partition coefficient (Wildman–Crippen LogP) is 1.96. The van der Waals surface area contributed by atoms with Gasteiger partial charge in [-0.15, -0.1) is 24.8 Å². The fourth-order valence-electron chi connectivity index (χ4n) is 3.38. The lowest BCUT2D eigenvalue weighted by Gasteiger charge is -2.33. The number of aromatic amines is 1. The number of methoxy groups -OCH3 is 1. The number of imidazole rings is 1. The van der Waals surface area contributed by atoms with Crippen molar-refractivity contribution >= 4 is 30.6 Å². The molecule has 1 saturated carbocycles. The molecule has 3 heterocycles. The molecule has 0 atom stereocenters. The Hall–Kier alpha value is -1.41. The Morgan fingerprint density at radius 1 is 1.32 bits per heavy atom. The summed E-state index contributed by atoms with van der Waals surface area (Å²) >= 11 is 0. The SMILES string of the molecule is COCc1nc(C2CC(N)C2)cc(N2CCc3nc[nH]c3C2)n1.Cl.Cl. The molecule has 0 bridgehead atoms. The quantitative estimate of drug-likeness (QED) is 0.833. The normalized spacial score (nSPS) is 21.6. The lowest BCUT2D eigenvalue weighted by molar-refractivity contribution is 0.177. The summed E-state index contributed by atoms with van der Waals surface area (Å²) in [6.45, 7) is 2.16. The molecule has 3 N–H and O–H groups in total. The molecule has 2 aliphatic rings. The first-order chi connectivity index (χ1) is 11.2. The molecular weight excluding hydrogens is 363 g/mol. The molecule has 2 aromatic rings. The molecule has 1 fully saturated rings. The van der Waals surface area contributed by atoms with Gasteiger partial charge < -0.3 is 20.4 Å². The van der Waals surface area contributed by atoms with Crippen molar-refractivity contribution in [3.63, 3.8) is 0 Å². The van der Waals surface area contributed by atoms with Crippen molar-refractivity contribution in [1.82, 2.24) is 19.9 Å². The highest BCUT2D eigenvalue weighted by Crippen LogP contribution is 2.36. The second-order valence-electron chi connectivity index (χ2n) is 6.43. The van der Waals surface area contributed by atoms with Crippen LogP contribution in [0.3, 0.4) is 0 Å². The largest absolute Gasteiger partial charge is 0.377 e. The zero-order valence-corrected chi connectivity index (χ0v) is 15.8. The Morgan fingerprint density at radius 2 is 2.12 bits per heavy atom. The standard InChI is InChI=1S/C16H22N6O.2ClH/c1-23-8-15-20-13(10-4-11(17)5-10)6-16(21-15)22-3-2-12-14(7-22)19-9-18-12;;/h6,9-11H,2-5,7-8,17H2,1H3,(H,18,19);2*1H. The Kier molecular flexibility index (Phi) is 6.62. The van der Waals surface area contributed by atoms with Gasteiger partial charge in [-0.05, 0) is 12.8 Å². The monoisotopic (exact) mass is 386 g/mol. The first-order valence-corrected chi connectivity index (χ1v) is 8.11. The Morgan fingerprint density at radius 3 is 2.84 bits per heavy atom. The number of ether oxygens (including phenoxy) is 1. The van der Waals surface area contributed by atoms with E-state index in [1.165, 1.54) is 5.69 Å². The number of anilines is 1. The number of nitrogens with zero attached hydrogens (tertiary/aromatic N) is 4. The molecular formula is C16H24Cl2N6O. The van der Waals surface area contributed by atoms with Crippen molar-refractivity contribution in [2.24, 2.45) is 5.73 Å². The molecule has 0 saturated heterocycles. The fourth-order valence-corrected chi connectivity index (χ4v) is 3.38. The molecule has 7 nitrogen and oxygen atoms in total. The van der Waals surface area contributed by atoms with Crippen LogP contribution in [0, 0.1) is 0 Å². The Labute approximate surface area is 159 Å². The van der Waals surface area contributed by atoms with Crippen LogP contribution in [-0.2, 0) is 24.3 Å². The lowest BCUT2D eigenvalue weighted by Crippen LogP contribution is -2.36. The molecule has 0 radical (unpaired) electrons. The van der Waals surface area contributed by atoms with E-state index in [4.69, 9.17) is 10.5 Å². The summed E-state index contributed by atoms with van der Waals surface area (Å²) in [6, 6.07) is 2.43. The van der Waals surface area contributed by atoms with E-state index >= 15 is 0 Å². The predicted molar refractivity (Wildman–Crippen MR) is 101 cm³/mol. The van der Waals surface area contributed by atoms with Crippen molar-refractivity contribution in [2.45, 2.75) is 44.4 Å². The summed E-state index contributed by atoms with van der Waals surface area (Å²) in [7, 11) is 1.67. The molecule has 0 aromatic carbocycles. The van der Waals surface area contributed by atoms with Gasteiger partial charge in [0.15, 0.2) is 5.82 Å². The topological polar surface area (TPSA) is 93.0 Å². The molecule has 0 spiro atoms. The number of nitrogens with one attached hydrogen (secondary N) is 1. The molecule has 1 aliphatic heterocycles. The minimum atomic E-state index is 0. The van der Waals surface area contributed by atoms with Crippen LogP contribution < -0.4 is 10.6 Å². The van der Waals surface area contributed by atoms with E-state index in [0.717, 1.165) is 55.4 Å². The molecule has 4 rings (SSSR count). The summed E-state index contributed by atoms with van der Waals surface area (Å²) in [4.78, 5) is 19.2. The molecule has 138 valence electrons. The number of hydrogen-bond acceptors (Lipinski definition) is 6. The van der Waals surface area contributed by atoms with Crippen molar-refractivity contribution in [3.8, 4) is 0 Å². The average Bonchev–Trinajstić information content (AvgIpc) is 2.99. The molecule has 2 aromatic heterocycles. The summed E-state index contributed by atoms with van der Waals surface area (Å²) in [5.41, 5.74) is 9.37. The van der Waals surface area contributed by atoms with Crippen molar-refractivity contribution in [1.29, 1.82) is 0 Å². The van der Waals surface area contributed by atoms with Gasteiger partial charge in [0.25, 0.3) is 0 Å². The molecule has 9 heteroatoms. The van der Waals surface area contributed by atoms with Crippen molar-refractivity contribution in [3.05, 3.63) is 35.3 Å². The smallest absolute Gasteiger partial charge is 0.156 e. The van der Waals surface area contributed by atoms with E-state index < -0.39 is 0 Å². The fraction of sp³-hybridized carbons (Fsp3) is 0.562. The third-order valence-electron chi connectivity index (χ3n) is 4.74. The van der Waals surface area contributed by atoms with Crippen LogP contribution in [-0.4, -0.2) is 39.6 Å². The van der Waals surface area contributed by atoms with Crippen LogP contribution >= 0.6 is 24.8 Å². The van der Waals surface area contributed by atoms with Gasteiger partial charge in [-0.25, -0.2) is 15.0 Å². The number of nitrogens with two attached hydrogens (primary N) is 1. The minimum Gasteiger partial charge on any atom is -0.377 e. The van der Waals surface area contributed by atoms with Gasteiger partial charge in [0, 0.05) is 43.8 Å². The number of fused-ring (bicyclic) bond motifs is 1. The second kappa shape index (κ2) is 8.31. The maximum atomic E-state index is 5.94. The Bertz CT molecular complexity index is 704. The van der Waals surface area contributed by atoms with Crippen LogP contribution in [0.2, 0.25) is 0 Å². The first kappa shape index (κ1) is 19.9. The third-order valence-corrected chi connectivity index (χ3v) is 4.74. The highest BCUT2D eigenvalue weighted by atomic mass is 35.5. The first-order valence-electron chi connectivity index (χ1n) is 8.11. The second-order valence-corrected chi connectivity index (χ2v) is 6.43. The summed E-state index contributed by atoms with van der Waals surface area (Å²) in [6.07, 6.45) is 4.72. The van der Waals surface area contributed by atoms with Crippen LogP contribution in [0.4, 0.5) is 5.82 Å². The molecule has 0 unspecified atom stereocenters. The van der Waals surface area contributed by atoms with Crippen LogP contribution in [0.1, 0.15) is 41.7 Å². The zero-order valence-electron chi connectivity index (χ0n) is 14.1. The third kappa shape index (κ3) is 4.06. The number of H-pyrrole nitrogens is 1. The maximum absolute atomic E-state index is 5.94. The van der Waals surface area contributed by atoms with Gasteiger partial charge in [0.2, 0.25) is 0 Å². The summed E-state index contributed by atoms with van der Waals surface area (Å²) < 4.78 is 5.24. The van der Waals surface area contributed by atoms with E-state index in [-0.39, 0.29) is 24.8 Å². The number of rotatable bonds is 4. The van der Waals surface area contributed by atoms with Crippen molar-refractivity contribution < 1.29 is 4.74 Å². The number of aromatic nitrogens is 4. The van der Waals surface area contributed by atoms with E-state index in [1.807, 2.05) is 0 Å². The highest BCUT2D eigenvalue weighted by molar-refractivity contribution is 5.85. The van der Waals surface area contributed by atoms with E-state index in [2.05, 4.69) is 30.9 Å². The van der Waals surface area contributed by atoms with Crippen molar-refractivity contribution in [2.75, 3.05) is 18.6 Å². The van der Waals surface area contributed by atoms with Gasteiger partial charge in [-0.3, -0.25) is 0 Å². The van der Waals surface area contributed by atoms with Gasteiger partial charge in [-0.1, -0.05) is 0 Å². The highest BCUT2D eigenvalue weighted by Gasteiger charge is 2.30. The number of halogens is 2. The minimum absolute atomic E-state index is 0. The summed E-state index contributed by atoms with van der Waals surface area (Å²) in [5.74, 6) is 2.17. The zero-order chi connectivity index (χ0) is 15.8. The van der Waals surface area contributed by atoms with E-state index in [9.17, 15) is 0 Å². The lowest BCUT2D eigenvalue weighted by atomic mass is 9.78. The molecule has 0 amide bonds. The number of hydrogen-bond donors (Lipinski definition) is 2. The van der Waals surface area contributed by atoms with E-state index in [0.29, 0.717) is 18.6 Å². The molecule has 25 heavy (non-hydrogen) atoms. The van der Waals surface area contributed by atoms with Crippen LogP contribution in [0.25, 0.3) is 0 Å². The molecule has 1 aliphatic carbocycles. The van der Waals surface area contributed by atoms with Crippen LogP contribution in [0.15, 0.2) is 12.4 Å².